The Kier molecular flexibility index (Phi) is 6.71. The summed E-state index contributed by atoms with van der Waals surface area (Å²) >= 11 is 11.8. The molecule has 0 unspecified atom stereocenters. The van der Waals surface area contributed by atoms with Crippen molar-refractivity contribution in [2.24, 2.45) is 0 Å². The van der Waals surface area contributed by atoms with Crippen molar-refractivity contribution >= 4 is 23.2 Å². The minimum absolute atomic E-state index is 0.472. The smallest absolute Gasteiger partial charge is 0.137 e. The number of alkyl halides is 1. The fourth-order valence-electron chi connectivity index (χ4n) is 1.57. The zero-order valence-corrected chi connectivity index (χ0v) is 11.9. The van der Waals surface area contributed by atoms with Gasteiger partial charge in [-0.1, -0.05) is 31.5 Å². The monoisotopic (exact) mass is 275 g/mol. The number of nitrogens with zero attached hydrogens (tertiary/aromatic N) is 1. The third-order valence-electron chi connectivity index (χ3n) is 2.71. The number of hydrogen-bond acceptors (Lipinski definition) is 2. The van der Waals surface area contributed by atoms with Crippen LogP contribution in [-0.2, 0) is 5.88 Å². The van der Waals surface area contributed by atoms with Gasteiger partial charge in [-0.2, -0.15) is 0 Å². The van der Waals surface area contributed by atoms with E-state index in [1.165, 1.54) is 0 Å². The Labute approximate surface area is 113 Å². The Morgan fingerprint density at radius 3 is 2.47 bits per heavy atom. The lowest BCUT2D eigenvalue weighted by molar-refractivity contribution is 0.223. The molecular weight excluding hydrogens is 257 g/mol. The van der Waals surface area contributed by atoms with E-state index in [-0.39, 0.29) is 0 Å². The van der Waals surface area contributed by atoms with Crippen LogP contribution >= 0.6 is 23.2 Å². The lowest BCUT2D eigenvalue weighted by Crippen LogP contribution is -2.27. The van der Waals surface area contributed by atoms with Crippen LogP contribution in [0.5, 0.6) is 5.75 Å². The molecule has 1 aromatic carbocycles. The summed E-state index contributed by atoms with van der Waals surface area (Å²) in [5.74, 6) is 1.20. The van der Waals surface area contributed by atoms with Gasteiger partial charge >= 0.3 is 0 Å². The van der Waals surface area contributed by atoms with E-state index in [1.807, 2.05) is 18.2 Å². The first-order valence-electron chi connectivity index (χ1n) is 5.90. The summed E-state index contributed by atoms with van der Waals surface area (Å²) < 4.78 is 5.65. The van der Waals surface area contributed by atoms with Crippen molar-refractivity contribution in [3.8, 4) is 5.75 Å². The van der Waals surface area contributed by atoms with Gasteiger partial charge in [0.2, 0.25) is 0 Å². The molecule has 0 aliphatic rings. The average Bonchev–Trinajstić information content (AvgIpc) is 2.36. The molecule has 0 saturated carbocycles. The maximum Gasteiger partial charge on any atom is 0.137 e. The molecule has 0 spiro atoms. The molecule has 0 saturated heterocycles. The second-order valence-electron chi connectivity index (χ2n) is 3.77. The maximum atomic E-state index is 6.09. The predicted molar refractivity (Wildman–Crippen MR) is 74.3 cm³/mol. The highest BCUT2D eigenvalue weighted by Gasteiger charge is 2.04. The van der Waals surface area contributed by atoms with Crippen molar-refractivity contribution in [2.75, 3.05) is 26.2 Å². The van der Waals surface area contributed by atoms with Gasteiger partial charge in [0.1, 0.15) is 12.4 Å². The van der Waals surface area contributed by atoms with Crippen LogP contribution in [-0.4, -0.2) is 31.1 Å². The summed E-state index contributed by atoms with van der Waals surface area (Å²) in [6, 6.07) is 5.66. The Morgan fingerprint density at radius 2 is 1.94 bits per heavy atom. The second kappa shape index (κ2) is 7.80. The van der Waals surface area contributed by atoms with Gasteiger partial charge in [0, 0.05) is 12.4 Å². The van der Waals surface area contributed by atoms with Crippen LogP contribution < -0.4 is 4.74 Å². The van der Waals surface area contributed by atoms with Gasteiger partial charge in [0.05, 0.1) is 5.02 Å². The molecule has 96 valence electrons. The molecule has 0 N–H and O–H groups in total. The Bertz CT molecular complexity index is 340. The molecule has 4 heteroatoms. The third-order valence-corrected chi connectivity index (χ3v) is 3.31. The molecule has 0 fully saturated rings. The van der Waals surface area contributed by atoms with Crippen LogP contribution in [0.4, 0.5) is 0 Å². The molecule has 0 aliphatic heterocycles. The van der Waals surface area contributed by atoms with Crippen LogP contribution in [0.25, 0.3) is 0 Å². The van der Waals surface area contributed by atoms with Crippen molar-refractivity contribution in [1.29, 1.82) is 0 Å². The fraction of sp³-hybridized carbons (Fsp3) is 0.538. The van der Waals surface area contributed by atoms with Crippen molar-refractivity contribution in [2.45, 2.75) is 19.7 Å². The Balaban J connectivity index is 2.46. The first-order chi connectivity index (χ1) is 8.21. The van der Waals surface area contributed by atoms with Gasteiger partial charge in [-0.3, -0.25) is 0 Å². The molecule has 0 aliphatic carbocycles. The van der Waals surface area contributed by atoms with Crippen molar-refractivity contribution in [1.82, 2.24) is 4.90 Å². The topological polar surface area (TPSA) is 12.5 Å². The van der Waals surface area contributed by atoms with E-state index in [4.69, 9.17) is 27.9 Å². The molecule has 1 aromatic rings. The van der Waals surface area contributed by atoms with Gasteiger partial charge in [-0.25, -0.2) is 0 Å². The Hall–Kier alpha value is -0.440. The lowest BCUT2D eigenvalue weighted by Gasteiger charge is -2.18. The van der Waals surface area contributed by atoms with Crippen molar-refractivity contribution in [3.05, 3.63) is 28.8 Å². The third kappa shape index (κ3) is 4.74. The first kappa shape index (κ1) is 14.6. The Morgan fingerprint density at radius 1 is 1.24 bits per heavy atom. The van der Waals surface area contributed by atoms with E-state index >= 15 is 0 Å². The highest BCUT2D eigenvalue weighted by atomic mass is 35.5. The predicted octanol–water partition coefficient (Wildman–Crippen LogP) is 3.80. The zero-order valence-electron chi connectivity index (χ0n) is 10.4. The maximum absolute atomic E-state index is 6.09. The molecule has 0 heterocycles. The van der Waals surface area contributed by atoms with Crippen LogP contribution in [0.1, 0.15) is 19.4 Å². The minimum atomic E-state index is 0.472. The van der Waals surface area contributed by atoms with Gasteiger partial charge in [-0.05, 0) is 30.8 Å². The van der Waals surface area contributed by atoms with Gasteiger partial charge in [0.15, 0.2) is 0 Å². The molecule has 1 rings (SSSR count). The normalized spacial score (nSPS) is 10.9. The zero-order chi connectivity index (χ0) is 12.7. The summed E-state index contributed by atoms with van der Waals surface area (Å²) in [6.45, 7) is 7.94. The SMILES string of the molecule is CCN(CC)CCOc1ccc(CCl)cc1Cl. The molecule has 0 amide bonds. The minimum Gasteiger partial charge on any atom is -0.491 e. The van der Waals surface area contributed by atoms with E-state index in [9.17, 15) is 0 Å². The fourth-order valence-corrected chi connectivity index (χ4v) is 1.99. The molecule has 0 aromatic heterocycles. The van der Waals surface area contributed by atoms with E-state index in [0.29, 0.717) is 17.5 Å². The molecule has 0 radical (unpaired) electrons. The molecule has 0 atom stereocenters. The van der Waals surface area contributed by atoms with E-state index in [0.717, 1.165) is 30.9 Å². The highest BCUT2D eigenvalue weighted by Crippen LogP contribution is 2.25. The number of likely N-dealkylation sites (N-methyl/N-ethyl adjacent to an activating group) is 1. The number of halogens is 2. The van der Waals surface area contributed by atoms with Crippen LogP contribution in [0.3, 0.4) is 0 Å². The first-order valence-corrected chi connectivity index (χ1v) is 6.82. The summed E-state index contributed by atoms with van der Waals surface area (Å²) in [7, 11) is 0. The summed E-state index contributed by atoms with van der Waals surface area (Å²) in [6.07, 6.45) is 0. The van der Waals surface area contributed by atoms with Crippen LogP contribution in [0, 0.1) is 0 Å². The van der Waals surface area contributed by atoms with Gasteiger partial charge in [-0.15, -0.1) is 11.6 Å². The summed E-state index contributed by atoms with van der Waals surface area (Å²) in [5.41, 5.74) is 1.01. The lowest BCUT2D eigenvalue weighted by atomic mass is 10.2. The molecule has 2 nitrogen and oxygen atoms in total. The van der Waals surface area contributed by atoms with Crippen LogP contribution in [0.15, 0.2) is 18.2 Å². The number of ether oxygens (including phenoxy) is 1. The quantitative estimate of drug-likeness (QED) is 0.702. The van der Waals surface area contributed by atoms with Gasteiger partial charge < -0.3 is 9.64 Å². The van der Waals surface area contributed by atoms with E-state index in [1.54, 1.807) is 0 Å². The van der Waals surface area contributed by atoms with E-state index < -0.39 is 0 Å². The average molecular weight is 276 g/mol. The van der Waals surface area contributed by atoms with Crippen molar-refractivity contribution < 1.29 is 4.74 Å². The van der Waals surface area contributed by atoms with Crippen molar-refractivity contribution in [3.63, 3.8) is 0 Å². The largest absolute Gasteiger partial charge is 0.491 e. The number of hydrogen-bond donors (Lipinski definition) is 0. The van der Waals surface area contributed by atoms with E-state index in [2.05, 4.69) is 18.7 Å². The highest BCUT2D eigenvalue weighted by molar-refractivity contribution is 6.32. The number of rotatable bonds is 7. The van der Waals surface area contributed by atoms with Gasteiger partial charge in [0.25, 0.3) is 0 Å². The molecule has 17 heavy (non-hydrogen) atoms. The van der Waals surface area contributed by atoms with Crippen LogP contribution in [0.2, 0.25) is 5.02 Å². The molecule has 0 bridgehead atoms. The number of benzene rings is 1. The summed E-state index contributed by atoms with van der Waals surface area (Å²) in [4.78, 5) is 2.31. The summed E-state index contributed by atoms with van der Waals surface area (Å²) in [5, 5.41) is 0.627. The second-order valence-corrected chi connectivity index (χ2v) is 4.45. The standard InChI is InChI=1S/C13H19Cl2NO/c1-3-16(4-2)7-8-17-13-6-5-11(10-14)9-12(13)15/h5-6,9H,3-4,7-8,10H2,1-2H3. The molecular formula is C13H19Cl2NO.